The summed E-state index contributed by atoms with van der Waals surface area (Å²) < 4.78 is 2.33. The summed E-state index contributed by atoms with van der Waals surface area (Å²) in [4.78, 5) is 4.48. The van der Waals surface area contributed by atoms with E-state index in [4.69, 9.17) is 0 Å². The second-order valence-corrected chi connectivity index (χ2v) is 6.12. The van der Waals surface area contributed by atoms with Crippen molar-refractivity contribution in [2.24, 2.45) is 0 Å². The third-order valence-corrected chi connectivity index (χ3v) is 4.62. The zero-order valence-electron chi connectivity index (χ0n) is 12.8. The first-order valence-electron chi connectivity index (χ1n) is 8.16. The minimum absolute atomic E-state index is 0.577. The third-order valence-electron chi connectivity index (χ3n) is 4.62. The van der Waals surface area contributed by atoms with E-state index >= 15 is 0 Å². The monoisotopic (exact) mass is 283 g/mol. The van der Waals surface area contributed by atoms with E-state index in [9.17, 15) is 0 Å². The first-order valence-corrected chi connectivity index (χ1v) is 8.16. The summed E-state index contributed by atoms with van der Waals surface area (Å²) >= 11 is 0. The Labute approximate surface area is 127 Å². The lowest BCUT2D eigenvalue weighted by Crippen LogP contribution is -2.13. The number of imidazole rings is 1. The van der Waals surface area contributed by atoms with Crippen molar-refractivity contribution in [1.82, 2.24) is 9.55 Å². The summed E-state index contributed by atoms with van der Waals surface area (Å²) in [7, 11) is 0. The molecule has 3 rings (SSSR count). The first kappa shape index (κ1) is 14.2. The highest BCUT2D eigenvalue weighted by Gasteiger charge is 2.19. The van der Waals surface area contributed by atoms with Crippen LogP contribution in [0.5, 0.6) is 0 Å². The Morgan fingerprint density at radius 1 is 1.24 bits per heavy atom. The molecule has 0 aliphatic heterocycles. The topological polar surface area (TPSA) is 29.9 Å². The van der Waals surface area contributed by atoms with Crippen LogP contribution >= 0.6 is 0 Å². The predicted molar refractivity (Wildman–Crippen MR) is 87.7 cm³/mol. The van der Waals surface area contributed by atoms with Crippen molar-refractivity contribution in [2.45, 2.75) is 51.0 Å². The molecule has 1 N–H and O–H groups in total. The molecule has 1 atom stereocenters. The Hall–Kier alpha value is -1.77. The number of hydrogen-bond donors (Lipinski definition) is 1. The molecule has 0 bridgehead atoms. The lowest BCUT2D eigenvalue weighted by Gasteiger charge is -2.17. The molecule has 21 heavy (non-hydrogen) atoms. The van der Waals surface area contributed by atoms with Gasteiger partial charge in [-0.25, -0.2) is 4.98 Å². The Balaban J connectivity index is 1.53. The van der Waals surface area contributed by atoms with Crippen LogP contribution < -0.4 is 5.32 Å². The third kappa shape index (κ3) is 3.46. The maximum Gasteiger partial charge on any atom is 0.203 e. The quantitative estimate of drug-likeness (QED) is 0.839. The van der Waals surface area contributed by atoms with Crippen LogP contribution in [0.2, 0.25) is 0 Å². The van der Waals surface area contributed by atoms with Crippen molar-refractivity contribution < 1.29 is 0 Å². The van der Waals surface area contributed by atoms with Crippen molar-refractivity contribution in [1.29, 1.82) is 0 Å². The minimum Gasteiger partial charge on any atom is -0.356 e. The Kier molecular flexibility index (Phi) is 4.59. The smallest absolute Gasteiger partial charge is 0.203 e. The van der Waals surface area contributed by atoms with Gasteiger partial charge in [-0.2, -0.15) is 0 Å². The molecular weight excluding hydrogens is 258 g/mol. The minimum atomic E-state index is 0.577. The lowest BCUT2D eigenvalue weighted by molar-refractivity contribution is 0.522. The molecule has 1 unspecified atom stereocenters. The highest BCUT2D eigenvalue weighted by Crippen LogP contribution is 2.31. The standard InChI is InChI=1S/C18H25N3/c1-15(16-7-3-2-4-8-16)11-12-19-18-20-13-14-21(18)17-9-5-6-10-17/h2-4,7-8,13-15,17H,5-6,9-12H2,1H3,(H,19,20). The highest BCUT2D eigenvalue weighted by molar-refractivity contribution is 5.27. The largest absolute Gasteiger partial charge is 0.356 e. The maximum absolute atomic E-state index is 4.48. The summed E-state index contributed by atoms with van der Waals surface area (Å²) in [5.74, 6) is 1.62. The second-order valence-electron chi connectivity index (χ2n) is 6.12. The average molecular weight is 283 g/mol. The van der Waals surface area contributed by atoms with Crippen LogP contribution in [-0.2, 0) is 0 Å². The zero-order chi connectivity index (χ0) is 14.5. The fraction of sp³-hybridized carbons (Fsp3) is 0.500. The molecule has 0 spiro atoms. The Bertz CT molecular complexity index is 541. The van der Waals surface area contributed by atoms with Gasteiger partial charge < -0.3 is 9.88 Å². The molecule has 0 amide bonds. The van der Waals surface area contributed by atoms with E-state index in [1.165, 1.54) is 31.2 Å². The number of nitrogens with zero attached hydrogens (tertiary/aromatic N) is 2. The Morgan fingerprint density at radius 2 is 2.00 bits per heavy atom. The molecule has 1 saturated carbocycles. The number of rotatable bonds is 6. The predicted octanol–water partition coefficient (Wildman–Crippen LogP) is 4.60. The molecule has 1 heterocycles. The van der Waals surface area contributed by atoms with E-state index < -0.39 is 0 Å². The summed E-state index contributed by atoms with van der Waals surface area (Å²) in [6.45, 7) is 3.26. The van der Waals surface area contributed by atoms with Gasteiger partial charge in [-0.15, -0.1) is 0 Å². The van der Waals surface area contributed by atoms with E-state index in [0.29, 0.717) is 12.0 Å². The fourth-order valence-electron chi connectivity index (χ4n) is 3.28. The van der Waals surface area contributed by atoms with Crippen LogP contribution in [0.1, 0.15) is 56.6 Å². The van der Waals surface area contributed by atoms with Gasteiger partial charge in [-0.3, -0.25) is 0 Å². The molecule has 3 nitrogen and oxygen atoms in total. The van der Waals surface area contributed by atoms with Crippen LogP contribution in [0.4, 0.5) is 5.95 Å². The summed E-state index contributed by atoms with van der Waals surface area (Å²) in [5.41, 5.74) is 1.42. The van der Waals surface area contributed by atoms with Crippen molar-refractivity contribution in [3.63, 3.8) is 0 Å². The maximum atomic E-state index is 4.48. The summed E-state index contributed by atoms with van der Waals surface area (Å²) in [6, 6.07) is 11.4. The van der Waals surface area contributed by atoms with E-state index in [2.05, 4.69) is 58.3 Å². The first-order chi connectivity index (χ1) is 10.3. The number of hydrogen-bond acceptors (Lipinski definition) is 2. The van der Waals surface area contributed by atoms with Crippen molar-refractivity contribution in [2.75, 3.05) is 11.9 Å². The molecular formula is C18H25N3. The number of aromatic nitrogens is 2. The molecule has 1 aliphatic rings. The van der Waals surface area contributed by atoms with E-state index in [-0.39, 0.29) is 0 Å². The molecule has 1 aromatic carbocycles. The van der Waals surface area contributed by atoms with Gasteiger partial charge in [-0.05, 0) is 30.7 Å². The van der Waals surface area contributed by atoms with Crippen LogP contribution in [0.3, 0.4) is 0 Å². The number of nitrogens with one attached hydrogen (secondary N) is 1. The van der Waals surface area contributed by atoms with E-state index in [1.54, 1.807) is 0 Å². The van der Waals surface area contributed by atoms with Crippen LogP contribution in [0.15, 0.2) is 42.7 Å². The molecule has 1 aliphatic carbocycles. The molecule has 0 saturated heterocycles. The molecule has 2 aromatic rings. The summed E-state index contributed by atoms with van der Waals surface area (Å²) in [5, 5.41) is 3.52. The fourth-order valence-corrected chi connectivity index (χ4v) is 3.28. The molecule has 3 heteroatoms. The molecule has 1 aromatic heterocycles. The van der Waals surface area contributed by atoms with Gasteiger partial charge in [0, 0.05) is 25.0 Å². The number of benzene rings is 1. The van der Waals surface area contributed by atoms with Gasteiger partial charge in [-0.1, -0.05) is 50.1 Å². The Morgan fingerprint density at radius 3 is 2.76 bits per heavy atom. The van der Waals surface area contributed by atoms with Gasteiger partial charge in [0.25, 0.3) is 0 Å². The van der Waals surface area contributed by atoms with Gasteiger partial charge in [0.2, 0.25) is 5.95 Å². The highest BCUT2D eigenvalue weighted by atomic mass is 15.2. The molecule has 1 fully saturated rings. The van der Waals surface area contributed by atoms with Crippen LogP contribution in [0.25, 0.3) is 0 Å². The van der Waals surface area contributed by atoms with Crippen molar-refractivity contribution in [3.8, 4) is 0 Å². The van der Waals surface area contributed by atoms with Gasteiger partial charge in [0.15, 0.2) is 0 Å². The number of anilines is 1. The average Bonchev–Trinajstić information content (AvgIpc) is 3.18. The molecule has 0 radical (unpaired) electrons. The lowest BCUT2D eigenvalue weighted by atomic mass is 9.98. The van der Waals surface area contributed by atoms with E-state index in [0.717, 1.165) is 18.9 Å². The summed E-state index contributed by atoms with van der Waals surface area (Å²) in [6.07, 6.45) is 10.5. The molecule has 112 valence electrons. The SMILES string of the molecule is CC(CCNc1nccn1C1CCCC1)c1ccccc1. The van der Waals surface area contributed by atoms with E-state index in [1.807, 2.05) is 6.20 Å². The van der Waals surface area contributed by atoms with Crippen LogP contribution in [0, 0.1) is 0 Å². The normalized spacial score (nSPS) is 17.0. The zero-order valence-corrected chi connectivity index (χ0v) is 12.8. The van der Waals surface area contributed by atoms with Crippen molar-refractivity contribution in [3.05, 3.63) is 48.3 Å². The van der Waals surface area contributed by atoms with Gasteiger partial charge in [0.1, 0.15) is 0 Å². The van der Waals surface area contributed by atoms with Gasteiger partial charge >= 0.3 is 0 Å². The van der Waals surface area contributed by atoms with Crippen molar-refractivity contribution >= 4 is 5.95 Å². The van der Waals surface area contributed by atoms with Gasteiger partial charge in [0.05, 0.1) is 0 Å². The van der Waals surface area contributed by atoms with Crippen LogP contribution in [-0.4, -0.2) is 16.1 Å². The second kappa shape index (κ2) is 6.79.